The lowest BCUT2D eigenvalue weighted by atomic mass is 10.1. The Labute approximate surface area is 367 Å². The van der Waals surface area contributed by atoms with Crippen molar-refractivity contribution in [2.24, 2.45) is 0 Å². The van der Waals surface area contributed by atoms with Gasteiger partial charge in [0.15, 0.2) is 5.65 Å². The fourth-order valence-corrected chi connectivity index (χ4v) is 6.37. The average molecular weight is 844 g/mol. The van der Waals surface area contributed by atoms with Gasteiger partial charge >= 0.3 is 0 Å². The zero-order valence-electron chi connectivity index (χ0n) is 39.2. The number of imidazole rings is 1. The molecule has 332 valence electrons. The summed E-state index contributed by atoms with van der Waals surface area (Å²) in [6.45, 7) is 34.7. The monoisotopic (exact) mass is 844 g/mol. The van der Waals surface area contributed by atoms with Crippen LogP contribution >= 0.6 is 0 Å². The molecule has 0 saturated heterocycles. The molecule has 0 radical (unpaired) electrons. The van der Waals surface area contributed by atoms with Crippen molar-refractivity contribution in [3.8, 4) is 0 Å². The number of aromatic nitrogens is 15. The third-order valence-electron chi connectivity index (χ3n) is 9.15. The molecule has 15 heteroatoms. The minimum absolute atomic E-state index is 0. The van der Waals surface area contributed by atoms with Crippen LogP contribution < -0.4 is 0 Å². The van der Waals surface area contributed by atoms with Crippen molar-refractivity contribution in [2.75, 3.05) is 0 Å². The standard InChI is InChI=1S/2C10H13N3.C9H12N4.C9H14N2.C8H13N3.CH4/c2*1-6(2)9-8-4-5-11-10(8)13-7(3)12-9;1-5(2)7-8-9(11-4-10-8)13-6(3)12-7;1-6(2)9-5-7(3)10-8(4)11-9;1-5(2)8-10-6(3)9-7(4)11-8;/h2*4-6H,1-3H3,(H,11,12,13);4-5H,1-3H3,(H,10,11,12,13);5-6H,1-4H3;5H,1-4H3;1H4. The van der Waals surface area contributed by atoms with Crippen molar-refractivity contribution in [3.63, 3.8) is 0 Å². The first-order valence-electron chi connectivity index (χ1n) is 21.1. The molecule has 0 spiro atoms. The second-order valence-corrected chi connectivity index (χ2v) is 16.6. The Morgan fingerprint density at radius 2 is 0.855 bits per heavy atom. The summed E-state index contributed by atoms with van der Waals surface area (Å²) in [5.41, 5.74) is 9.09. The second kappa shape index (κ2) is 22.6. The van der Waals surface area contributed by atoms with E-state index >= 15 is 0 Å². The van der Waals surface area contributed by atoms with Crippen LogP contribution in [0.3, 0.4) is 0 Å². The second-order valence-electron chi connectivity index (χ2n) is 16.6. The third-order valence-corrected chi connectivity index (χ3v) is 9.15. The Hall–Kier alpha value is -6.12. The van der Waals surface area contributed by atoms with E-state index in [1.54, 1.807) is 6.33 Å². The maximum absolute atomic E-state index is 4.44. The minimum Gasteiger partial charge on any atom is -0.346 e. The van der Waals surface area contributed by atoms with Gasteiger partial charge < -0.3 is 15.0 Å². The Balaban J connectivity index is 0.000000206. The smallest absolute Gasteiger partial charge is 0.181 e. The molecule has 0 saturated carbocycles. The fraction of sp³-hybridized carbons (Fsp3) is 0.489. The van der Waals surface area contributed by atoms with Gasteiger partial charge in [-0.25, -0.2) is 59.8 Å². The van der Waals surface area contributed by atoms with Crippen molar-refractivity contribution in [3.05, 3.63) is 106 Å². The van der Waals surface area contributed by atoms with Crippen LogP contribution in [-0.2, 0) is 0 Å². The molecule has 0 fully saturated rings. The normalized spacial score (nSPS) is 10.9. The first-order valence-corrected chi connectivity index (χ1v) is 21.1. The average Bonchev–Trinajstić information content (AvgIpc) is 3.95. The number of nitrogens with one attached hydrogen (secondary N) is 3. The van der Waals surface area contributed by atoms with Crippen molar-refractivity contribution < 1.29 is 0 Å². The van der Waals surface area contributed by atoms with Crippen LogP contribution in [0.4, 0.5) is 0 Å². The van der Waals surface area contributed by atoms with Crippen LogP contribution in [0.1, 0.15) is 175 Å². The fourth-order valence-electron chi connectivity index (χ4n) is 6.37. The van der Waals surface area contributed by atoms with Gasteiger partial charge in [-0.2, -0.15) is 0 Å². The van der Waals surface area contributed by atoms with Gasteiger partial charge in [0.25, 0.3) is 0 Å². The van der Waals surface area contributed by atoms with Crippen molar-refractivity contribution >= 4 is 33.2 Å². The summed E-state index contributed by atoms with van der Waals surface area (Å²) in [5, 5.41) is 2.28. The number of nitrogens with zero attached hydrogens (tertiary/aromatic N) is 12. The zero-order chi connectivity index (χ0) is 45.1. The molecule has 8 aromatic rings. The van der Waals surface area contributed by atoms with E-state index in [-0.39, 0.29) is 7.43 Å². The Kier molecular flexibility index (Phi) is 18.3. The van der Waals surface area contributed by atoms with Gasteiger partial charge in [0.1, 0.15) is 57.6 Å². The minimum atomic E-state index is 0. The van der Waals surface area contributed by atoms with E-state index < -0.39 is 0 Å². The van der Waals surface area contributed by atoms with Crippen LogP contribution in [0.5, 0.6) is 0 Å². The molecule has 0 aliphatic heterocycles. The van der Waals surface area contributed by atoms with Crippen molar-refractivity contribution in [2.45, 2.75) is 155 Å². The van der Waals surface area contributed by atoms with Crippen LogP contribution in [0.25, 0.3) is 33.2 Å². The lowest BCUT2D eigenvalue weighted by Crippen LogP contribution is -2.03. The van der Waals surface area contributed by atoms with Gasteiger partial charge in [-0.15, -0.1) is 0 Å². The third kappa shape index (κ3) is 14.0. The molecule has 8 rings (SSSR count). The summed E-state index contributed by atoms with van der Waals surface area (Å²) in [4.78, 5) is 60.6. The maximum atomic E-state index is 4.44. The molecule has 15 nitrogen and oxygen atoms in total. The van der Waals surface area contributed by atoms with Crippen LogP contribution in [0.2, 0.25) is 0 Å². The first-order chi connectivity index (χ1) is 28.7. The van der Waals surface area contributed by atoms with E-state index in [1.807, 2.05) is 79.1 Å². The largest absolute Gasteiger partial charge is 0.346 e. The zero-order valence-corrected chi connectivity index (χ0v) is 39.2. The van der Waals surface area contributed by atoms with E-state index in [0.717, 1.165) is 102 Å². The predicted molar refractivity (Wildman–Crippen MR) is 252 cm³/mol. The van der Waals surface area contributed by atoms with E-state index in [2.05, 4.69) is 144 Å². The molecule has 0 aliphatic carbocycles. The van der Waals surface area contributed by atoms with Crippen molar-refractivity contribution in [1.82, 2.24) is 74.8 Å². The summed E-state index contributed by atoms with van der Waals surface area (Å²) in [6, 6.07) is 6.10. The highest BCUT2D eigenvalue weighted by molar-refractivity contribution is 5.79. The Morgan fingerprint density at radius 1 is 0.419 bits per heavy atom. The number of hydrogen-bond donors (Lipinski definition) is 3. The van der Waals surface area contributed by atoms with E-state index in [1.165, 1.54) is 0 Å². The predicted octanol–water partition coefficient (Wildman–Crippen LogP) is 11.0. The molecule has 0 aliphatic rings. The number of rotatable bonds is 5. The Bertz CT molecular complexity index is 2330. The molecule has 0 aromatic carbocycles. The van der Waals surface area contributed by atoms with E-state index in [9.17, 15) is 0 Å². The number of aromatic amines is 3. The van der Waals surface area contributed by atoms with Gasteiger partial charge in [-0.1, -0.05) is 76.7 Å². The van der Waals surface area contributed by atoms with Gasteiger partial charge in [0.05, 0.1) is 23.4 Å². The molecule has 0 bridgehead atoms. The van der Waals surface area contributed by atoms with E-state index in [0.29, 0.717) is 29.6 Å². The number of H-pyrrole nitrogens is 3. The maximum Gasteiger partial charge on any atom is 0.181 e. The van der Waals surface area contributed by atoms with Gasteiger partial charge in [-0.3, -0.25) is 0 Å². The van der Waals surface area contributed by atoms with Crippen LogP contribution in [0, 0.1) is 48.5 Å². The highest BCUT2D eigenvalue weighted by Gasteiger charge is 2.12. The number of fused-ring (bicyclic) bond motifs is 3. The topological polar surface area (TPSA) is 202 Å². The van der Waals surface area contributed by atoms with Gasteiger partial charge in [0.2, 0.25) is 0 Å². The quantitative estimate of drug-likeness (QED) is 0.148. The molecular weight excluding hydrogens is 775 g/mol. The first kappa shape index (κ1) is 50.2. The molecule has 0 atom stereocenters. The lowest BCUT2D eigenvalue weighted by Gasteiger charge is -2.06. The highest BCUT2D eigenvalue weighted by atomic mass is 15.0. The molecule has 0 amide bonds. The van der Waals surface area contributed by atoms with Gasteiger partial charge in [0, 0.05) is 40.5 Å². The summed E-state index contributed by atoms with van der Waals surface area (Å²) in [7, 11) is 0. The summed E-state index contributed by atoms with van der Waals surface area (Å²) in [5.74, 6) is 7.97. The van der Waals surface area contributed by atoms with Crippen molar-refractivity contribution in [1.29, 1.82) is 0 Å². The van der Waals surface area contributed by atoms with Gasteiger partial charge in [-0.05, 0) is 90.3 Å². The lowest BCUT2D eigenvalue weighted by molar-refractivity contribution is 0.732. The van der Waals surface area contributed by atoms with Crippen LogP contribution in [0.15, 0.2) is 36.9 Å². The summed E-state index contributed by atoms with van der Waals surface area (Å²) in [6.07, 6.45) is 5.47. The molecule has 3 N–H and O–H groups in total. The number of hydrogen-bond acceptors (Lipinski definition) is 12. The van der Waals surface area contributed by atoms with Crippen LogP contribution in [-0.4, -0.2) is 74.8 Å². The highest BCUT2D eigenvalue weighted by Crippen LogP contribution is 2.23. The summed E-state index contributed by atoms with van der Waals surface area (Å²) < 4.78 is 0. The van der Waals surface area contributed by atoms with E-state index in [4.69, 9.17) is 0 Å². The SMILES string of the molecule is C.Cc1cc(C(C)C)nc(C)n1.Cc1nc(C(C)C)c2[nH]cnc2n1.Cc1nc(C(C)C)c2cc[nH]c2n1.Cc1nc(C(C)C)c2cc[nH]c2n1.Cc1nc(C)nc(C(C)C)n1. The number of aryl methyl sites for hydroxylation is 7. The molecular formula is C47H69N15. The summed E-state index contributed by atoms with van der Waals surface area (Å²) >= 11 is 0. The Morgan fingerprint density at radius 3 is 1.29 bits per heavy atom. The molecule has 8 heterocycles. The molecule has 0 unspecified atom stereocenters. The molecule has 62 heavy (non-hydrogen) atoms. The molecule has 8 aromatic heterocycles.